The highest BCUT2D eigenvalue weighted by molar-refractivity contribution is 9.10. The van der Waals surface area contributed by atoms with Crippen molar-refractivity contribution in [1.82, 2.24) is 4.90 Å². The van der Waals surface area contributed by atoms with Crippen LogP contribution in [0.15, 0.2) is 16.6 Å². The van der Waals surface area contributed by atoms with E-state index in [4.69, 9.17) is 0 Å². The van der Waals surface area contributed by atoms with Gasteiger partial charge in [-0.3, -0.25) is 14.5 Å². The fraction of sp³-hybridized carbons (Fsp3) is 0.273. The molecular formula is C11H10BrNO2. The Morgan fingerprint density at radius 2 is 1.73 bits per heavy atom. The van der Waals surface area contributed by atoms with Gasteiger partial charge in [0.05, 0.1) is 11.1 Å². The van der Waals surface area contributed by atoms with Crippen LogP contribution in [-0.4, -0.2) is 23.3 Å². The third-order valence-corrected chi connectivity index (χ3v) is 3.42. The summed E-state index contributed by atoms with van der Waals surface area (Å²) in [6, 6.07) is 3.48. The number of benzene rings is 1. The van der Waals surface area contributed by atoms with E-state index in [1.807, 2.05) is 6.92 Å². The molecule has 1 heterocycles. The van der Waals surface area contributed by atoms with Crippen molar-refractivity contribution in [2.75, 3.05) is 6.54 Å². The predicted octanol–water partition coefficient (Wildman–Crippen LogP) is 2.37. The molecule has 0 N–H and O–H groups in total. The molecule has 0 spiro atoms. The van der Waals surface area contributed by atoms with E-state index in [2.05, 4.69) is 15.9 Å². The molecule has 1 aromatic carbocycles. The minimum Gasteiger partial charge on any atom is -0.275 e. The van der Waals surface area contributed by atoms with Gasteiger partial charge in [0.15, 0.2) is 0 Å². The number of rotatable bonds is 1. The highest BCUT2D eigenvalue weighted by Crippen LogP contribution is 2.28. The van der Waals surface area contributed by atoms with Gasteiger partial charge in [-0.25, -0.2) is 0 Å². The highest BCUT2D eigenvalue weighted by atomic mass is 79.9. The summed E-state index contributed by atoms with van der Waals surface area (Å²) in [7, 11) is 0. The van der Waals surface area contributed by atoms with Gasteiger partial charge in [-0.2, -0.15) is 0 Å². The van der Waals surface area contributed by atoms with Crippen molar-refractivity contribution in [2.24, 2.45) is 0 Å². The lowest BCUT2D eigenvalue weighted by atomic mass is 10.1. The number of imide groups is 1. The van der Waals surface area contributed by atoms with Gasteiger partial charge in [-0.05, 0) is 31.5 Å². The molecule has 15 heavy (non-hydrogen) atoms. The average molecular weight is 268 g/mol. The zero-order valence-electron chi connectivity index (χ0n) is 8.50. The summed E-state index contributed by atoms with van der Waals surface area (Å²) in [5.41, 5.74) is 1.98. The van der Waals surface area contributed by atoms with E-state index in [1.54, 1.807) is 19.1 Å². The van der Waals surface area contributed by atoms with E-state index in [0.717, 1.165) is 10.0 Å². The Balaban J connectivity index is 2.63. The van der Waals surface area contributed by atoms with Crippen molar-refractivity contribution >= 4 is 27.7 Å². The molecule has 2 amide bonds. The van der Waals surface area contributed by atoms with Crippen molar-refractivity contribution in [1.29, 1.82) is 0 Å². The molecular weight excluding hydrogens is 258 g/mol. The zero-order chi connectivity index (χ0) is 11.2. The third-order valence-electron chi connectivity index (χ3n) is 2.57. The second-order valence-electron chi connectivity index (χ2n) is 3.50. The fourth-order valence-corrected chi connectivity index (χ4v) is 2.05. The number of carbonyl (C=O) groups is 2. The second-order valence-corrected chi connectivity index (χ2v) is 4.36. The summed E-state index contributed by atoms with van der Waals surface area (Å²) in [6.45, 7) is 4.11. The van der Waals surface area contributed by atoms with Gasteiger partial charge in [-0.1, -0.05) is 15.9 Å². The van der Waals surface area contributed by atoms with Crippen LogP contribution in [-0.2, 0) is 0 Å². The van der Waals surface area contributed by atoms with Gasteiger partial charge < -0.3 is 0 Å². The number of hydrogen-bond donors (Lipinski definition) is 0. The molecule has 2 rings (SSSR count). The van der Waals surface area contributed by atoms with Crippen molar-refractivity contribution in [3.05, 3.63) is 33.3 Å². The number of nitrogens with zero attached hydrogens (tertiary/aromatic N) is 1. The molecule has 1 aliphatic rings. The quantitative estimate of drug-likeness (QED) is 0.733. The van der Waals surface area contributed by atoms with Gasteiger partial charge >= 0.3 is 0 Å². The Hall–Kier alpha value is -1.16. The van der Waals surface area contributed by atoms with Gasteiger partial charge in [0.1, 0.15) is 0 Å². The summed E-state index contributed by atoms with van der Waals surface area (Å²) in [5.74, 6) is -0.383. The molecule has 0 saturated carbocycles. The zero-order valence-corrected chi connectivity index (χ0v) is 10.1. The normalized spacial score (nSPS) is 14.7. The molecule has 3 nitrogen and oxygen atoms in total. The van der Waals surface area contributed by atoms with Crippen LogP contribution in [0.25, 0.3) is 0 Å². The molecule has 0 bridgehead atoms. The Kier molecular flexibility index (Phi) is 2.38. The van der Waals surface area contributed by atoms with Crippen molar-refractivity contribution in [3.63, 3.8) is 0 Å². The van der Waals surface area contributed by atoms with Gasteiger partial charge in [0.2, 0.25) is 0 Å². The SMILES string of the molecule is CCN1C(=O)c2cc(C)c(Br)cc2C1=O. The summed E-state index contributed by atoms with van der Waals surface area (Å²) in [4.78, 5) is 24.8. The number of hydrogen-bond acceptors (Lipinski definition) is 2. The minimum absolute atomic E-state index is 0.187. The molecule has 0 aliphatic carbocycles. The van der Waals surface area contributed by atoms with Crippen LogP contribution in [0.4, 0.5) is 0 Å². The second kappa shape index (κ2) is 3.45. The maximum absolute atomic E-state index is 11.8. The highest BCUT2D eigenvalue weighted by Gasteiger charge is 2.34. The molecule has 0 saturated heterocycles. The first-order chi connectivity index (χ1) is 7.06. The predicted molar refractivity (Wildman–Crippen MR) is 59.9 cm³/mol. The maximum atomic E-state index is 11.8. The molecule has 0 atom stereocenters. The summed E-state index contributed by atoms with van der Waals surface area (Å²) in [5, 5.41) is 0. The Morgan fingerprint density at radius 1 is 1.20 bits per heavy atom. The van der Waals surface area contributed by atoms with Crippen molar-refractivity contribution in [2.45, 2.75) is 13.8 Å². The Labute approximate surface area is 96.2 Å². The molecule has 0 unspecified atom stereocenters. The first-order valence-electron chi connectivity index (χ1n) is 4.72. The molecule has 1 aliphatic heterocycles. The number of aryl methyl sites for hydroxylation is 1. The van der Waals surface area contributed by atoms with Crippen LogP contribution in [0, 0.1) is 6.92 Å². The lowest BCUT2D eigenvalue weighted by Crippen LogP contribution is -2.29. The molecule has 1 aromatic rings. The van der Waals surface area contributed by atoms with E-state index >= 15 is 0 Å². The summed E-state index contributed by atoms with van der Waals surface area (Å²) >= 11 is 3.36. The van der Waals surface area contributed by atoms with Gasteiger partial charge in [0.25, 0.3) is 11.8 Å². The Bertz CT molecular complexity index is 427. The lowest BCUT2D eigenvalue weighted by Gasteiger charge is -2.08. The van der Waals surface area contributed by atoms with Crippen LogP contribution in [0.1, 0.15) is 33.2 Å². The van der Waals surface area contributed by atoms with Crippen molar-refractivity contribution in [3.8, 4) is 0 Å². The van der Waals surface area contributed by atoms with E-state index in [0.29, 0.717) is 17.7 Å². The average Bonchev–Trinajstić information content (AvgIpc) is 2.42. The van der Waals surface area contributed by atoms with Crippen molar-refractivity contribution < 1.29 is 9.59 Å². The number of halogens is 1. The monoisotopic (exact) mass is 267 g/mol. The third kappa shape index (κ3) is 1.40. The summed E-state index contributed by atoms with van der Waals surface area (Å²) < 4.78 is 0.861. The van der Waals surface area contributed by atoms with Gasteiger partial charge in [0, 0.05) is 11.0 Å². The number of fused-ring (bicyclic) bond motifs is 1. The molecule has 78 valence electrons. The van der Waals surface area contributed by atoms with E-state index in [-0.39, 0.29) is 11.8 Å². The first-order valence-corrected chi connectivity index (χ1v) is 5.52. The van der Waals surface area contributed by atoms with Crippen LogP contribution in [0.2, 0.25) is 0 Å². The lowest BCUT2D eigenvalue weighted by molar-refractivity contribution is 0.0663. The fourth-order valence-electron chi connectivity index (χ4n) is 1.71. The molecule has 0 radical (unpaired) electrons. The molecule has 0 fully saturated rings. The topological polar surface area (TPSA) is 37.4 Å². The number of amides is 2. The number of carbonyl (C=O) groups excluding carboxylic acids is 2. The van der Waals surface area contributed by atoms with E-state index in [9.17, 15) is 9.59 Å². The van der Waals surface area contributed by atoms with E-state index < -0.39 is 0 Å². The van der Waals surface area contributed by atoms with Crippen LogP contribution >= 0.6 is 15.9 Å². The smallest absolute Gasteiger partial charge is 0.261 e. The molecule has 0 aromatic heterocycles. The van der Waals surface area contributed by atoms with Crippen LogP contribution in [0.3, 0.4) is 0 Å². The maximum Gasteiger partial charge on any atom is 0.261 e. The first kappa shape index (κ1) is 10.4. The van der Waals surface area contributed by atoms with Crippen LogP contribution < -0.4 is 0 Å². The minimum atomic E-state index is -0.196. The largest absolute Gasteiger partial charge is 0.275 e. The van der Waals surface area contributed by atoms with Gasteiger partial charge in [-0.15, -0.1) is 0 Å². The van der Waals surface area contributed by atoms with E-state index in [1.165, 1.54) is 4.90 Å². The van der Waals surface area contributed by atoms with Crippen LogP contribution in [0.5, 0.6) is 0 Å². The molecule has 4 heteroatoms. The standard InChI is InChI=1S/C11H10BrNO2/c1-3-13-10(14)7-4-6(2)9(12)5-8(7)11(13)15/h4-5H,3H2,1-2H3. The summed E-state index contributed by atoms with van der Waals surface area (Å²) in [6.07, 6.45) is 0. The Morgan fingerprint density at radius 3 is 2.27 bits per heavy atom.